The largest absolute Gasteiger partial charge is 0.496 e. The van der Waals surface area contributed by atoms with E-state index in [1.807, 2.05) is 0 Å². The van der Waals surface area contributed by atoms with E-state index in [2.05, 4.69) is 5.32 Å². The standard InChI is InChI=1S/C17H22N2O7S/c1-24-15-5-4-13(27(22,23)19-6-8-25-9-7-19)10-14(15)17(21)26-11-16(20)18-12-2-3-12/h4-5,10,12H,2-3,6-9,11H2,1H3,(H,18,20). The van der Waals surface area contributed by atoms with Crippen molar-refractivity contribution >= 4 is 21.9 Å². The monoisotopic (exact) mass is 398 g/mol. The lowest BCUT2D eigenvalue weighted by atomic mass is 10.2. The number of rotatable bonds is 7. The lowest BCUT2D eigenvalue weighted by molar-refractivity contribution is -0.124. The van der Waals surface area contributed by atoms with Crippen molar-refractivity contribution in [3.8, 4) is 5.75 Å². The Morgan fingerprint density at radius 2 is 1.96 bits per heavy atom. The maximum Gasteiger partial charge on any atom is 0.342 e. The second-order valence-corrected chi connectivity index (χ2v) is 8.23. The van der Waals surface area contributed by atoms with Gasteiger partial charge in [-0.15, -0.1) is 0 Å². The van der Waals surface area contributed by atoms with Crippen LogP contribution in [0.25, 0.3) is 0 Å². The third kappa shape index (κ3) is 4.76. The van der Waals surface area contributed by atoms with E-state index in [-0.39, 0.29) is 41.2 Å². The summed E-state index contributed by atoms with van der Waals surface area (Å²) >= 11 is 0. The molecule has 1 aliphatic heterocycles. The van der Waals surface area contributed by atoms with Crippen LogP contribution in [0.2, 0.25) is 0 Å². The van der Waals surface area contributed by atoms with E-state index in [1.54, 1.807) is 0 Å². The second kappa shape index (κ2) is 8.24. The zero-order valence-corrected chi connectivity index (χ0v) is 15.8. The van der Waals surface area contributed by atoms with Gasteiger partial charge in [-0.1, -0.05) is 0 Å². The number of sulfonamides is 1. The summed E-state index contributed by atoms with van der Waals surface area (Å²) in [6, 6.07) is 4.15. The van der Waals surface area contributed by atoms with Gasteiger partial charge >= 0.3 is 5.97 Å². The first kappa shape index (κ1) is 19.6. The molecule has 0 spiro atoms. The Morgan fingerprint density at radius 1 is 1.26 bits per heavy atom. The van der Waals surface area contributed by atoms with E-state index in [1.165, 1.54) is 29.6 Å². The fourth-order valence-electron chi connectivity index (χ4n) is 2.65. The molecule has 0 bridgehead atoms. The zero-order chi connectivity index (χ0) is 19.4. The van der Waals surface area contributed by atoms with Crippen LogP contribution in [-0.2, 0) is 24.3 Å². The summed E-state index contributed by atoms with van der Waals surface area (Å²) in [5, 5.41) is 2.71. The Balaban J connectivity index is 1.75. The van der Waals surface area contributed by atoms with Crippen LogP contribution in [0.1, 0.15) is 23.2 Å². The highest BCUT2D eigenvalue weighted by atomic mass is 32.2. The molecule has 2 fully saturated rings. The van der Waals surface area contributed by atoms with E-state index in [4.69, 9.17) is 14.2 Å². The molecule has 148 valence electrons. The maximum atomic E-state index is 12.8. The summed E-state index contributed by atoms with van der Waals surface area (Å²) in [7, 11) is -2.41. The van der Waals surface area contributed by atoms with Crippen LogP contribution in [0.5, 0.6) is 5.75 Å². The van der Waals surface area contributed by atoms with Crippen LogP contribution in [-0.4, -0.2) is 70.7 Å². The number of carbonyl (C=O) groups is 2. The number of amides is 1. The van der Waals surface area contributed by atoms with Gasteiger partial charge in [-0.05, 0) is 31.0 Å². The van der Waals surface area contributed by atoms with Crippen LogP contribution in [0.3, 0.4) is 0 Å². The molecule has 1 aliphatic carbocycles. The molecule has 1 saturated heterocycles. The number of nitrogens with zero attached hydrogens (tertiary/aromatic N) is 1. The van der Waals surface area contributed by atoms with Gasteiger partial charge in [-0.25, -0.2) is 13.2 Å². The van der Waals surface area contributed by atoms with E-state index >= 15 is 0 Å². The van der Waals surface area contributed by atoms with Crippen LogP contribution in [0.15, 0.2) is 23.1 Å². The van der Waals surface area contributed by atoms with Crippen molar-refractivity contribution in [1.29, 1.82) is 0 Å². The fraction of sp³-hybridized carbons (Fsp3) is 0.529. The van der Waals surface area contributed by atoms with Gasteiger partial charge in [-0.2, -0.15) is 4.31 Å². The molecule has 1 amide bonds. The highest BCUT2D eigenvalue weighted by Crippen LogP contribution is 2.26. The molecule has 27 heavy (non-hydrogen) atoms. The van der Waals surface area contributed by atoms with E-state index in [0.29, 0.717) is 13.2 Å². The molecular weight excluding hydrogens is 376 g/mol. The van der Waals surface area contributed by atoms with E-state index < -0.39 is 22.6 Å². The van der Waals surface area contributed by atoms with Gasteiger partial charge in [0.25, 0.3) is 5.91 Å². The van der Waals surface area contributed by atoms with Crippen molar-refractivity contribution in [3.63, 3.8) is 0 Å². The topological polar surface area (TPSA) is 111 Å². The Kier molecular flexibility index (Phi) is 5.98. The third-order valence-electron chi connectivity index (χ3n) is 4.28. The Bertz CT molecular complexity index is 815. The molecular formula is C17H22N2O7S. The minimum atomic E-state index is -3.77. The van der Waals surface area contributed by atoms with Gasteiger partial charge in [0.15, 0.2) is 6.61 Å². The first-order valence-corrected chi connectivity index (χ1v) is 10.1. The maximum absolute atomic E-state index is 12.8. The number of methoxy groups -OCH3 is 1. The molecule has 0 aromatic heterocycles. The summed E-state index contributed by atoms with van der Waals surface area (Å²) in [6.07, 6.45) is 1.85. The zero-order valence-electron chi connectivity index (χ0n) is 15.0. The molecule has 1 N–H and O–H groups in total. The Labute approximate surface area is 157 Å². The van der Waals surface area contributed by atoms with E-state index in [0.717, 1.165) is 12.8 Å². The summed E-state index contributed by atoms with van der Waals surface area (Å²) in [5.41, 5.74) is -0.0499. The summed E-state index contributed by atoms with van der Waals surface area (Å²) in [5.74, 6) is -1.04. The van der Waals surface area contributed by atoms with Gasteiger partial charge in [0.2, 0.25) is 10.0 Å². The van der Waals surface area contributed by atoms with Gasteiger partial charge in [0.05, 0.1) is 25.2 Å². The minimum Gasteiger partial charge on any atom is -0.496 e. The molecule has 0 atom stereocenters. The van der Waals surface area contributed by atoms with Gasteiger partial charge < -0.3 is 19.5 Å². The smallest absolute Gasteiger partial charge is 0.342 e. The van der Waals surface area contributed by atoms with Crippen LogP contribution >= 0.6 is 0 Å². The van der Waals surface area contributed by atoms with Gasteiger partial charge in [0.1, 0.15) is 11.3 Å². The van der Waals surface area contributed by atoms with Crippen molar-refractivity contribution < 1.29 is 32.2 Å². The molecule has 0 unspecified atom stereocenters. The number of esters is 1. The molecule has 1 heterocycles. The van der Waals surface area contributed by atoms with Crippen molar-refractivity contribution in [2.75, 3.05) is 40.0 Å². The number of carbonyl (C=O) groups excluding carboxylic acids is 2. The van der Waals surface area contributed by atoms with Gasteiger partial charge in [-0.3, -0.25) is 4.79 Å². The number of hydrogen-bond donors (Lipinski definition) is 1. The molecule has 9 nitrogen and oxygen atoms in total. The lowest BCUT2D eigenvalue weighted by Crippen LogP contribution is -2.40. The van der Waals surface area contributed by atoms with Crippen LogP contribution in [0, 0.1) is 0 Å². The minimum absolute atomic E-state index is 0.0421. The predicted molar refractivity (Wildman–Crippen MR) is 94.0 cm³/mol. The molecule has 3 rings (SSSR count). The van der Waals surface area contributed by atoms with Crippen molar-refractivity contribution in [2.24, 2.45) is 0 Å². The fourth-order valence-corrected chi connectivity index (χ4v) is 4.08. The average Bonchev–Trinajstić information content (AvgIpc) is 3.50. The number of benzene rings is 1. The average molecular weight is 398 g/mol. The first-order valence-electron chi connectivity index (χ1n) is 8.64. The van der Waals surface area contributed by atoms with Crippen molar-refractivity contribution in [3.05, 3.63) is 23.8 Å². The lowest BCUT2D eigenvalue weighted by Gasteiger charge is -2.26. The third-order valence-corrected chi connectivity index (χ3v) is 6.17. The number of hydrogen-bond acceptors (Lipinski definition) is 7. The number of ether oxygens (including phenoxy) is 3. The molecule has 1 aromatic rings. The van der Waals surface area contributed by atoms with Crippen LogP contribution in [0.4, 0.5) is 0 Å². The highest BCUT2D eigenvalue weighted by Gasteiger charge is 2.29. The molecule has 1 aromatic carbocycles. The molecule has 0 radical (unpaired) electrons. The second-order valence-electron chi connectivity index (χ2n) is 6.30. The highest BCUT2D eigenvalue weighted by molar-refractivity contribution is 7.89. The summed E-state index contributed by atoms with van der Waals surface area (Å²) in [4.78, 5) is 24.0. The number of morpholine rings is 1. The Morgan fingerprint density at radius 3 is 2.59 bits per heavy atom. The van der Waals surface area contributed by atoms with Crippen LogP contribution < -0.4 is 10.1 Å². The summed E-state index contributed by atoms with van der Waals surface area (Å²) < 4.78 is 42.2. The van der Waals surface area contributed by atoms with Crippen molar-refractivity contribution in [2.45, 2.75) is 23.8 Å². The van der Waals surface area contributed by atoms with Gasteiger partial charge in [0, 0.05) is 19.1 Å². The Hall–Kier alpha value is -2.17. The number of nitrogens with one attached hydrogen (secondary N) is 1. The van der Waals surface area contributed by atoms with Crippen molar-refractivity contribution in [1.82, 2.24) is 9.62 Å². The normalized spacial score (nSPS) is 18.0. The predicted octanol–water partition coefficient (Wildman–Crippen LogP) is 0.152. The molecule has 1 saturated carbocycles. The SMILES string of the molecule is COc1ccc(S(=O)(=O)N2CCOCC2)cc1C(=O)OCC(=O)NC1CC1. The molecule has 2 aliphatic rings. The first-order chi connectivity index (χ1) is 12.9. The molecule has 10 heteroatoms. The van der Waals surface area contributed by atoms with E-state index in [9.17, 15) is 18.0 Å². The summed E-state index contributed by atoms with van der Waals surface area (Å²) in [6.45, 7) is 0.699. The quantitative estimate of drug-likeness (QED) is 0.651.